The van der Waals surface area contributed by atoms with Crippen molar-refractivity contribution in [1.82, 2.24) is 0 Å². The van der Waals surface area contributed by atoms with Crippen LogP contribution in [0, 0.1) is 6.92 Å². The Bertz CT molecular complexity index is 626. The van der Waals surface area contributed by atoms with Crippen LogP contribution in [0.2, 0.25) is 0 Å². The minimum absolute atomic E-state index is 0.0860. The monoisotopic (exact) mass is 270 g/mol. The number of carboxylic acids is 1. The number of hydrogen-bond donors (Lipinski definition) is 1. The van der Waals surface area contributed by atoms with E-state index in [1.54, 1.807) is 0 Å². The van der Waals surface area contributed by atoms with Crippen LogP contribution in [0.3, 0.4) is 0 Å². The molecule has 0 spiro atoms. The van der Waals surface area contributed by atoms with Crippen LogP contribution < -0.4 is 0 Å². The van der Waals surface area contributed by atoms with Crippen molar-refractivity contribution in [2.75, 3.05) is 0 Å². The minimum atomic E-state index is -4.46. The van der Waals surface area contributed by atoms with Crippen molar-refractivity contribution >= 4 is 5.97 Å². The maximum Gasteiger partial charge on any atom is 0.416 e. The number of aromatic carboxylic acids is 1. The quantitative estimate of drug-likeness (QED) is 0.898. The second-order valence-electron chi connectivity index (χ2n) is 4.00. The molecule has 3 nitrogen and oxygen atoms in total. The van der Waals surface area contributed by atoms with Gasteiger partial charge < -0.3 is 9.52 Å². The molecule has 0 saturated heterocycles. The van der Waals surface area contributed by atoms with Gasteiger partial charge in [-0.25, -0.2) is 4.79 Å². The highest BCUT2D eigenvalue weighted by Crippen LogP contribution is 2.35. The molecule has 0 aliphatic carbocycles. The SMILES string of the molecule is Cc1ccc(-c2ccc(C(=O)O)o2)cc1C(F)(F)F. The van der Waals surface area contributed by atoms with Gasteiger partial charge in [0.15, 0.2) is 0 Å². The molecule has 0 bridgehead atoms. The van der Waals surface area contributed by atoms with E-state index < -0.39 is 17.7 Å². The Morgan fingerprint density at radius 1 is 1.21 bits per heavy atom. The van der Waals surface area contributed by atoms with Gasteiger partial charge in [0.1, 0.15) is 5.76 Å². The zero-order valence-electron chi connectivity index (χ0n) is 9.78. The van der Waals surface area contributed by atoms with Crippen LogP contribution in [0.1, 0.15) is 21.7 Å². The smallest absolute Gasteiger partial charge is 0.416 e. The zero-order chi connectivity index (χ0) is 14.2. The Morgan fingerprint density at radius 3 is 2.42 bits per heavy atom. The highest BCUT2D eigenvalue weighted by molar-refractivity contribution is 5.85. The third-order valence-electron chi connectivity index (χ3n) is 2.64. The van der Waals surface area contributed by atoms with Gasteiger partial charge >= 0.3 is 12.1 Å². The third kappa shape index (κ3) is 2.62. The Kier molecular flexibility index (Phi) is 3.09. The van der Waals surface area contributed by atoms with Crippen LogP contribution in [-0.2, 0) is 6.18 Å². The number of rotatable bonds is 2. The van der Waals surface area contributed by atoms with Crippen LogP contribution >= 0.6 is 0 Å². The van der Waals surface area contributed by atoms with Gasteiger partial charge in [-0.15, -0.1) is 0 Å². The van der Waals surface area contributed by atoms with Crippen LogP contribution in [0.5, 0.6) is 0 Å². The molecule has 0 amide bonds. The molecule has 0 atom stereocenters. The number of furan rings is 1. The molecule has 0 aliphatic rings. The van der Waals surface area contributed by atoms with Gasteiger partial charge in [0.2, 0.25) is 5.76 Å². The summed E-state index contributed by atoms with van der Waals surface area (Å²) in [6.07, 6.45) is -4.46. The van der Waals surface area contributed by atoms with Gasteiger partial charge in [0, 0.05) is 5.56 Å². The number of benzene rings is 1. The van der Waals surface area contributed by atoms with Crippen molar-refractivity contribution in [3.63, 3.8) is 0 Å². The van der Waals surface area contributed by atoms with Crippen LogP contribution in [-0.4, -0.2) is 11.1 Å². The Labute approximate surface area is 106 Å². The number of carbonyl (C=O) groups is 1. The van der Waals surface area contributed by atoms with E-state index in [2.05, 4.69) is 0 Å². The van der Waals surface area contributed by atoms with E-state index in [4.69, 9.17) is 9.52 Å². The molecule has 100 valence electrons. The van der Waals surface area contributed by atoms with Crippen molar-refractivity contribution in [1.29, 1.82) is 0 Å². The molecule has 0 aliphatic heterocycles. The predicted molar refractivity (Wildman–Crippen MR) is 60.8 cm³/mol. The van der Waals surface area contributed by atoms with Gasteiger partial charge in [-0.05, 0) is 30.7 Å². The molecule has 0 fully saturated rings. The van der Waals surface area contributed by atoms with Crippen LogP contribution in [0.25, 0.3) is 11.3 Å². The number of carboxylic acid groups (broad SMARTS) is 1. The second-order valence-corrected chi connectivity index (χ2v) is 4.00. The Balaban J connectivity index is 2.48. The largest absolute Gasteiger partial charge is 0.475 e. The van der Waals surface area contributed by atoms with Gasteiger partial charge in [-0.3, -0.25) is 0 Å². The van der Waals surface area contributed by atoms with Crippen molar-refractivity contribution in [2.24, 2.45) is 0 Å². The summed E-state index contributed by atoms with van der Waals surface area (Å²) < 4.78 is 43.2. The molecule has 2 rings (SSSR count). The van der Waals surface area contributed by atoms with E-state index in [-0.39, 0.29) is 22.6 Å². The van der Waals surface area contributed by atoms with Crippen molar-refractivity contribution in [3.8, 4) is 11.3 Å². The first kappa shape index (κ1) is 13.2. The van der Waals surface area contributed by atoms with Crippen molar-refractivity contribution in [2.45, 2.75) is 13.1 Å². The standard InChI is InChI=1S/C13H9F3O3/c1-7-2-3-8(6-9(7)13(14,15)16)10-4-5-11(19-10)12(17)18/h2-6H,1H3,(H,17,18). The summed E-state index contributed by atoms with van der Waals surface area (Å²) in [5.41, 5.74) is -0.482. The third-order valence-corrected chi connectivity index (χ3v) is 2.64. The Morgan fingerprint density at radius 2 is 1.89 bits per heavy atom. The molecule has 2 aromatic rings. The molecule has 19 heavy (non-hydrogen) atoms. The molecule has 1 heterocycles. The van der Waals surface area contributed by atoms with Crippen molar-refractivity contribution < 1.29 is 27.5 Å². The fourth-order valence-electron chi connectivity index (χ4n) is 1.69. The summed E-state index contributed by atoms with van der Waals surface area (Å²) in [6.45, 7) is 1.36. The Hall–Kier alpha value is -2.24. The van der Waals surface area contributed by atoms with E-state index in [1.807, 2.05) is 0 Å². The van der Waals surface area contributed by atoms with Gasteiger partial charge in [-0.2, -0.15) is 13.2 Å². The molecule has 1 N–H and O–H groups in total. The predicted octanol–water partition coefficient (Wildman–Crippen LogP) is 3.97. The fourth-order valence-corrected chi connectivity index (χ4v) is 1.69. The summed E-state index contributed by atoms with van der Waals surface area (Å²) in [7, 11) is 0. The summed E-state index contributed by atoms with van der Waals surface area (Å²) in [6, 6.07) is 6.25. The molecule has 1 aromatic carbocycles. The van der Waals surface area contributed by atoms with Gasteiger partial charge in [0.25, 0.3) is 0 Å². The highest BCUT2D eigenvalue weighted by Gasteiger charge is 2.32. The first-order valence-corrected chi connectivity index (χ1v) is 5.30. The van der Waals surface area contributed by atoms with Gasteiger partial charge in [0.05, 0.1) is 5.56 Å². The lowest BCUT2D eigenvalue weighted by Crippen LogP contribution is -2.07. The fraction of sp³-hybridized carbons (Fsp3) is 0.154. The maximum absolute atomic E-state index is 12.8. The first-order valence-electron chi connectivity index (χ1n) is 5.30. The van der Waals surface area contributed by atoms with E-state index in [0.717, 1.165) is 6.07 Å². The average Bonchev–Trinajstić information content (AvgIpc) is 2.77. The van der Waals surface area contributed by atoms with E-state index >= 15 is 0 Å². The zero-order valence-corrected chi connectivity index (χ0v) is 9.78. The van der Waals surface area contributed by atoms with Crippen LogP contribution in [0.15, 0.2) is 34.7 Å². The summed E-state index contributed by atoms with van der Waals surface area (Å²) in [5, 5.41) is 8.70. The van der Waals surface area contributed by atoms with Crippen LogP contribution in [0.4, 0.5) is 13.2 Å². The second kappa shape index (κ2) is 4.46. The lowest BCUT2D eigenvalue weighted by atomic mass is 10.0. The maximum atomic E-state index is 12.8. The van der Waals surface area contributed by atoms with Crippen molar-refractivity contribution in [3.05, 3.63) is 47.2 Å². The van der Waals surface area contributed by atoms with E-state index in [0.29, 0.717) is 0 Å². The number of alkyl halides is 3. The van der Waals surface area contributed by atoms with E-state index in [9.17, 15) is 18.0 Å². The highest BCUT2D eigenvalue weighted by atomic mass is 19.4. The first-order chi connectivity index (χ1) is 8.79. The summed E-state index contributed by atoms with van der Waals surface area (Å²) in [4.78, 5) is 10.7. The minimum Gasteiger partial charge on any atom is -0.475 e. The topological polar surface area (TPSA) is 50.4 Å². The van der Waals surface area contributed by atoms with Gasteiger partial charge in [-0.1, -0.05) is 12.1 Å². The molecule has 0 radical (unpaired) electrons. The number of aryl methyl sites for hydroxylation is 1. The normalized spacial score (nSPS) is 11.6. The molecule has 6 heteroatoms. The number of hydrogen-bond acceptors (Lipinski definition) is 2. The molecule has 0 unspecified atom stereocenters. The molecular weight excluding hydrogens is 261 g/mol. The molecule has 0 saturated carbocycles. The lowest BCUT2D eigenvalue weighted by molar-refractivity contribution is -0.138. The average molecular weight is 270 g/mol. The number of halogens is 3. The lowest BCUT2D eigenvalue weighted by Gasteiger charge is -2.11. The van der Waals surface area contributed by atoms with E-state index in [1.165, 1.54) is 31.2 Å². The summed E-state index contributed by atoms with van der Waals surface area (Å²) in [5.74, 6) is -1.50. The molecular formula is C13H9F3O3. The summed E-state index contributed by atoms with van der Waals surface area (Å²) >= 11 is 0. The molecule has 1 aromatic heterocycles.